The van der Waals surface area contributed by atoms with E-state index in [1.165, 1.54) is 16.7 Å². The molecule has 2 rings (SSSR count). The molecule has 2 aromatic rings. The van der Waals surface area contributed by atoms with Gasteiger partial charge in [0.1, 0.15) is 0 Å². The Morgan fingerprint density at radius 2 is 1.47 bits per heavy atom. The summed E-state index contributed by atoms with van der Waals surface area (Å²) in [6, 6.07) is 19.0. The van der Waals surface area contributed by atoms with Gasteiger partial charge in [-0.05, 0) is 36.0 Å². The number of hydrogen-bond donors (Lipinski definition) is 1. The minimum absolute atomic E-state index is 0.285. The Labute approximate surface area is 103 Å². The van der Waals surface area contributed by atoms with Gasteiger partial charge in [0.2, 0.25) is 0 Å². The lowest BCUT2D eigenvalue weighted by molar-refractivity contribution is 0.284. The zero-order valence-corrected chi connectivity index (χ0v) is 9.97. The van der Waals surface area contributed by atoms with Crippen molar-refractivity contribution < 1.29 is 5.11 Å². The molecule has 0 amide bonds. The third kappa shape index (κ3) is 3.18. The number of benzene rings is 2. The predicted octanol–water partition coefficient (Wildman–Crippen LogP) is 3.67. The average Bonchev–Trinajstić information content (AvgIpc) is 2.41. The van der Waals surface area contributed by atoms with Crippen LogP contribution in [0.5, 0.6) is 0 Å². The Kier molecular flexibility index (Phi) is 4.34. The highest BCUT2D eigenvalue weighted by Gasteiger charge is 2.03. The van der Waals surface area contributed by atoms with E-state index in [4.69, 9.17) is 5.11 Å². The van der Waals surface area contributed by atoms with Gasteiger partial charge in [-0.3, -0.25) is 0 Å². The maximum Gasteiger partial charge on any atom is 0.0431 e. The van der Waals surface area contributed by atoms with Gasteiger partial charge in [-0.1, -0.05) is 54.6 Å². The summed E-state index contributed by atoms with van der Waals surface area (Å²) in [5.41, 5.74) is 3.95. The minimum Gasteiger partial charge on any atom is -0.396 e. The topological polar surface area (TPSA) is 20.2 Å². The van der Waals surface area contributed by atoms with Crippen molar-refractivity contribution in [3.05, 3.63) is 60.2 Å². The van der Waals surface area contributed by atoms with Gasteiger partial charge in [0.15, 0.2) is 0 Å². The first kappa shape index (κ1) is 11.9. The van der Waals surface area contributed by atoms with Crippen molar-refractivity contribution in [2.75, 3.05) is 6.61 Å². The second-order valence-corrected chi connectivity index (χ2v) is 4.20. The van der Waals surface area contributed by atoms with Crippen molar-refractivity contribution in [3.8, 4) is 11.1 Å². The van der Waals surface area contributed by atoms with Crippen LogP contribution in [-0.2, 0) is 6.42 Å². The van der Waals surface area contributed by atoms with Crippen molar-refractivity contribution in [3.63, 3.8) is 0 Å². The molecule has 1 nitrogen and oxygen atoms in total. The second kappa shape index (κ2) is 6.21. The lowest BCUT2D eigenvalue weighted by Crippen LogP contribution is -1.92. The standard InChI is InChI=1S/C16H18O/c17-13-7-6-11-15-10-4-5-12-16(15)14-8-2-1-3-9-14/h1-5,8-10,12,17H,6-7,11,13H2. The van der Waals surface area contributed by atoms with E-state index in [2.05, 4.69) is 48.5 Å². The van der Waals surface area contributed by atoms with E-state index in [0.717, 1.165) is 19.3 Å². The summed E-state index contributed by atoms with van der Waals surface area (Å²) in [5.74, 6) is 0. The van der Waals surface area contributed by atoms with Crippen LogP contribution in [0.1, 0.15) is 18.4 Å². The summed E-state index contributed by atoms with van der Waals surface area (Å²) in [5, 5.41) is 8.83. The third-order valence-electron chi connectivity index (χ3n) is 2.96. The Morgan fingerprint density at radius 3 is 2.24 bits per heavy atom. The second-order valence-electron chi connectivity index (χ2n) is 4.20. The quantitative estimate of drug-likeness (QED) is 0.771. The zero-order valence-electron chi connectivity index (χ0n) is 9.97. The van der Waals surface area contributed by atoms with Crippen LogP contribution in [0.4, 0.5) is 0 Å². The van der Waals surface area contributed by atoms with Crippen LogP contribution in [-0.4, -0.2) is 11.7 Å². The maximum atomic E-state index is 8.83. The van der Waals surface area contributed by atoms with Crippen LogP contribution < -0.4 is 0 Å². The monoisotopic (exact) mass is 226 g/mol. The predicted molar refractivity (Wildman–Crippen MR) is 71.9 cm³/mol. The number of rotatable bonds is 5. The molecule has 0 bridgehead atoms. The van der Waals surface area contributed by atoms with Gasteiger partial charge in [0.05, 0.1) is 0 Å². The van der Waals surface area contributed by atoms with Crippen molar-refractivity contribution >= 4 is 0 Å². The fraction of sp³-hybridized carbons (Fsp3) is 0.250. The highest BCUT2D eigenvalue weighted by atomic mass is 16.2. The molecule has 0 spiro atoms. The summed E-state index contributed by atoms with van der Waals surface area (Å²) in [6.45, 7) is 0.285. The van der Waals surface area contributed by atoms with Crippen molar-refractivity contribution in [2.24, 2.45) is 0 Å². The van der Waals surface area contributed by atoms with Gasteiger partial charge in [0.25, 0.3) is 0 Å². The largest absolute Gasteiger partial charge is 0.396 e. The molecule has 2 aromatic carbocycles. The lowest BCUT2D eigenvalue weighted by Gasteiger charge is -2.09. The molecule has 1 N–H and O–H groups in total. The number of aliphatic hydroxyl groups is 1. The zero-order chi connectivity index (χ0) is 11.9. The van der Waals surface area contributed by atoms with E-state index >= 15 is 0 Å². The van der Waals surface area contributed by atoms with E-state index < -0.39 is 0 Å². The fourth-order valence-corrected chi connectivity index (χ4v) is 2.06. The van der Waals surface area contributed by atoms with Crippen LogP contribution in [0.2, 0.25) is 0 Å². The summed E-state index contributed by atoms with van der Waals surface area (Å²) >= 11 is 0. The van der Waals surface area contributed by atoms with Gasteiger partial charge in [-0.2, -0.15) is 0 Å². The van der Waals surface area contributed by atoms with Gasteiger partial charge in [-0.15, -0.1) is 0 Å². The van der Waals surface area contributed by atoms with Crippen molar-refractivity contribution in [1.82, 2.24) is 0 Å². The minimum atomic E-state index is 0.285. The highest BCUT2D eigenvalue weighted by Crippen LogP contribution is 2.24. The lowest BCUT2D eigenvalue weighted by atomic mass is 9.96. The molecule has 0 unspecified atom stereocenters. The van der Waals surface area contributed by atoms with Crippen molar-refractivity contribution in [2.45, 2.75) is 19.3 Å². The SMILES string of the molecule is OCCCCc1ccccc1-c1ccccc1. The van der Waals surface area contributed by atoms with E-state index in [-0.39, 0.29) is 6.61 Å². The van der Waals surface area contributed by atoms with Crippen LogP contribution in [0, 0.1) is 0 Å². The highest BCUT2D eigenvalue weighted by molar-refractivity contribution is 5.67. The van der Waals surface area contributed by atoms with Gasteiger partial charge >= 0.3 is 0 Å². The van der Waals surface area contributed by atoms with Crippen LogP contribution in [0.25, 0.3) is 11.1 Å². The Balaban J connectivity index is 2.22. The van der Waals surface area contributed by atoms with Crippen LogP contribution in [0.15, 0.2) is 54.6 Å². The normalized spacial score (nSPS) is 10.4. The number of unbranched alkanes of at least 4 members (excludes halogenated alkanes) is 1. The molecule has 0 aliphatic heterocycles. The molecule has 0 heterocycles. The molecule has 88 valence electrons. The molecule has 0 fully saturated rings. The first-order valence-electron chi connectivity index (χ1n) is 6.16. The van der Waals surface area contributed by atoms with Crippen LogP contribution >= 0.6 is 0 Å². The molecule has 17 heavy (non-hydrogen) atoms. The fourth-order valence-electron chi connectivity index (χ4n) is 2.06. The van der Waals surface area contributed by atoms with E-state index in [0.29, 0.717) is 0 Å². The van der Waals surface area contributed by atoms with Gasteiger partial charge in [-0.25, -0.2) is 0 Å². The van der Waals surface area contributed by atoms with E-state index in [9.17, 15) is 0 Å². The van der Waals surface area contributed by atoms with Crippen LogP contribution in [0.3, 0.4) is 0 Å². The smallest absolute Gasteiger partial charge is 0.0431 e. The van der Waals surface area contributed by atoms with Crippen molar-refractivity contribution in [1.29, 1.82) is 0 Å². The summed E-state index contributed by atoms with van der Waals surface area (Å²) in [4.78, 5) is 0. The third-order valence-corrected chi connectivity index (χ3v) is 2.96. The molecular formula is C16H18O. The Morgan fingerprint density at radius 1 is 0.765 bits per heavy atom. The summed E-state index contributed by atoms with van der Waals surface area (Å²) < 4.78 is 0. The van der Waals surface area contributed by atoms with E-state index in [1.54, 1.807) is 0 Å². The Bertz CT molecular complexity index is 448. The molecule has 0 saturated carbocycles. The first-order valence-corrected chi connectivity index (χ1v) is 6.16. The molecule has 1 heteroatoms. The van der Waals surface area contributed by atoms with E-state index in [1.807, 2.05) is 6.07 Å². The molecule has 0 saturated heterocycles. The number of aliphatic hydroxyl groups excluding tert-OH is 1. The van der Waals surface area contributed by atoms with Gasteiger partial charge in [0, 0.05) is 6.61 Å². The summed E-state index contributed by atoms with van der Waals surface area (Å²) in [7, 11) is 0. The number of hydrogen-bond acceptors (Lipinski definition) is 1. The maximum absolute atomic E-state index is 8.83. The molecule has 0 aliphatic rings. The Hall–Kier alpha value is -1.60. The average molecular weight is 226 g/mol. The molecule has 0 aromatic heterocycles. The molecule has 0 aliphatic carbocycles. The molecule has 0 radical (unpaired) electrons. The van der Waals surface area contributed by atoms with Gasteiger partial charge < -0.3 is 5.11 Å². The summed E-state index contributed by atoms with van der Waals surface area (Å²) in [6.07, 6.45) is 2.95. The molecular weight excluding hydrogens is 208 g/mol. The molecule has 0 atom stereocenters. The number of aryl methyl sites for hydroxylation is 1. The first-order chi connectivity index (χ1) is 8.42.